The minimum atomic E-state index is -0.635. The number of carbonyl (C=O) groups excluding carboxylic acids is 1. The van der Waals surface area contributed by atoms with Crippen LogP contribution in [-0.2, 0) is 0 Å². The Morgan fingerprint density at radius 1 is 1.07 bits per heavy atom. The van der Waals surface area contributed by atoms with Gasteiger partial charge in [-0.2, -0.15) is 0 Å². The number of amides is 2. The molecule has 0 saturated heterocycles. The van der Waals surface area contributed by atoms with Gasteiger partial charge in [0.2, 0.25) is 5.82 Å². The highest BCUT2D eigenvalue weighted by Gasteiger charge is 2.12. The van der Waals surface area contributed by atoms with E-state index >= 15 is 0 Å². The normalized spacial score (nSPS) is 10.3. The topological polar surface area (TPSA) is 94.5 Å². The van der Waals surface area contributed by atoms with Crippen molar-refractivity contribution in [3.05, 3.63) is 69.7 Å². The average Bonchev–Trinajstić information content (AvgIpc) is 2.71. The highest BCUT2D eigenvalue weighted by Crippen LogP contribution is 2.25. The molecule has 0 bridgehead atoms. The minimum Gasteiger partial charge on any atom is -0.497 e. The molecule has 0 aliphatic heterocycles. The third kappa shape index (κ3) is 4.67. The third-order valence-electron chi connectivity index (χ3n) is 4.12. The van der Waals surface area contributed by atoms with Crippen LogP contribution in [0.5, 0.6) is 11.5 Å². The molecule has 0 aliphatic rings. The lowest BCUT2D eigenvalue weighted by molar-refractivity contribution is 0.262. The second kappa shape index (κ2) is 8.66. The van der Waals surface area contributed by atoms with Crippen LogP contribution in [0.3, 0.4) is 0 Å². The summed E-state index contributed by atoms with van der Waals surface area (Å²) in [7, 11) is 3.01. The van der Waals surface area contributed by atoms with E-state index in [1.54, 1.807) is 36.4 Å². The molecule has 3 rings (SSSR count). The number of carbonyl (C=O) groups is 1. The van der Waals surface area contributed by atoms with Crippen molar-refractivity contribution in [2.24, 2.45) is 0 Å². The molecular formula is C20H19ClN4O4. The van der Waals surface area contributed by atoms with Crippen LogP contribution in [0.15, 0.2) is 53.6 Å². The monoisotopic (exact) mass is 414 g/mol. The summed E-state index contributed by atoms with van der Waals surface area (Å²) in [6, 6.07) is 9.51. The predicted molar refractivity (Wildman–Crippen MR) is 112 cm³/mol. The Bertz CT molecular complexity index is 1090. The fourth-order valence-corrected chi connectivity index (χ4v) is 2.76. The first kappa shape index (κ1) is 20.2. The molecule has 2 aromatic carbocycles. The van der Waals surface area contributed by atoms with Crippen molar-refractivity contribution < 1.29 is 14.3 Å². The highest BCUT2D eigenvalue weighted by molar-refractivity contribution is 6.31. The second-order valence-electron chi connectivity index (χ2n) is 6.06. The van der Waals surface area contributed by atoms with E-state index in [0.29, 0.717) is 27.9 Å². The average molecular weight is 415 g/mol. The molecule has 0 spiro atoms. The van der Waals surface area contributed by atoms with E-state index in [1.165, 1.54) is 31.2 Å². The number of hydrogen-bond acceptors (Lipinski definition) is 5. The van der Waals surface area contributed by atoms with Gasteiger partial charge in [-0.3, -0.25) is 14.7 Å². The Morgan fingerprint density at radius 2 is 1.76 bits per heavy atom. The number of methoxy groups -OCH3 is 2. The molecule has 0 saturated carbocycles. The van der Waals surface area contributed by atoms with Crippen LogP contribution in [0, 0.1) is 6.92 Å². The van der Waals surface area contributed by atoms with Gasteiger partial charge in [0.1, 0.15) is 11.5 Å². The summed E-state index contributed by atoms with van der Waals surface area (Å²) < 4.78 is 11.7. The molecule has 0 atom stereocenters. The van der Waals surface area contributed by atoms with Gasteiger partial charge in [-0.15, -0.1) is 0 Å². The number of benzene rings is 2. The lowest BCUT2D eigenvalue weighted by Crippen LogP contribution is -2.28. The summed E-state index contributed by atoms with van der Waals surface area (Å²) in [6.45, 7) is 1.87. The van der Waals surface area contributed by atoms with E-state index in [1.807, 2.05) is 6.92 Å². The lowest BCUT2D eigenvalue weighted by atomic mass is 10.2. The summed E-state index contributed by atoms with van der Waals surface area (Å²) >= 11 is 6.15. The van der Waals surface area contributed by atoms with Gasteiger partial charge < -0.3 is 14.8 Å². The van der Waals surface area contributed by atoms with Crippen LogP contribution >= 0.6 is 11.6 Å². The number of rotatable bonds is 5. The summed E-state index contributed by atoms with van der Waals surface area (Å²) in [5, 5.41) is 5.62. The van der Waals surface area contributed by atoms with Gasteiger partial charge in [-0.25, -0.2) is 9.78 Å². The standard InChI is InChI=1S/C20H19ClN4O4/c1-12-4-5-14(10-17(12)21)25-7-6-22-18(19(25)26)24-20(27)23-13-8-15(28-2)11-16(9-13)29-3/h4-11H,1-3H3,(H2,22,23,24,27). The van der Waals surface area contributed by atoms with Gasteiger partial charge >= 0.3 is 6.03 Å². The maximum atomic E-state index is 12.7. The summed E-state index contributed by atoms with van der Waals surface area (Å²) in [5.74, 6) is 0.892. The van der Waals surface area contributed by atoms with E-state index in [0.717, 1.165) is 5.56 Å². The van der Waals surface area contributed by atoms with Gasteiger partial charge in [0, 0.05) is 41.3 Å². The Balaban J connectivity index is 1.83. The largest absolute Gasteiger partial charge is 0.497 e. The van der Waals surface area contributed by atoms with Crippen LogP contribution in [0.4, 0.5) is 16.3 Å². The van der Waals surface area contributed by atoms with Crippen LogP contribution in [0.2, 0.25) is 5.02 Å². The number of aromatic nitrogens is 2. The Labute approximate surface area is 172 Å². The summed E-state index contributed by atoms with van der Waals surface area (Å²) in [5.41, 5.74) is 1.39. The van der Waals surface area contributed by atoms with Crippen molar-refractivity contribution in [2.75, 3.05) is 24.9 Å². The summed E-state index contributed by atoms with van der Waals surface area (Å²) in [6.07, 6.45) is 2.92. The zero-order chi connectivity index (χ0) is 21.0. The first-order valence-corrected chi connectivity index (χ1v) is 8.94. The Morgan fingerprint density at radius 3 is 2.38 bits per heavy atom. The van der Waals surface area contributed by atoms with Crippen molar-refractivity contribution in [1.82, 2.24) is 9.55 Å². The van der Waals surface area contributed by atoms with Crippen molar-refractivity contribution in [2.45, 2.75) is 6.92 Å². The smallest absolute Gasteiger partial charge is 0.325 e. The second-order valence-corrected chi connectivity index (χ2v) is 6.47. The number of anilines is 2. The zero-order valence-corrected chi connectivity index (χ0v) is 16.8. The van der Waals surface area contributed by atoms with Gasteiger partial charge in [0.25, 0.3) is 5.56 Å². The fourth-order valence-electron chi connectivity index (χ4n) is 2.58. The van der Waals surface area contributed by atoms with Gasteiger partial charge in [-0.1, -0.05) is 17.7 Å². The highest BCUT2D eigenvalue weighted by atomic mass is 35.5. The van der Waals surface area contributed by atoms with E-state index in [2.05, 4.69) is 15.6 Å². The predicted octanol–water partition coefficient (Wildman–Crippen LogP) is 3.86. The minimum absolute atomic E-state index is 0.128. The quantitative estimate of drug-likeness (QED) is 0.661. The fraction of sp³-hybridized carbons (Fsp3) is 0.150. The van der Waals surface area contributed by atoms with Crippen molar-refractivity contribution >= 4 is 29.1 Å². The molecule has 0 aliphatic carbocycles. The van der Waals surface area contributed by atoms with Crippen LogP contribution in [-0.4, -0.2) is 29.8 Å². The van der Waals surface area contributed by atoms with E-state index in [-0.39, 0.29) is 5.82 Å². The van der Waals surface area contributed by atoms with Crippen LogP contribution in [0.25, 0.3) is 5.69 Å². The zero-order valence-electron chi connectivity index (χ0n) is 16.0. The molecule has 1 aromatic heterocycles. The van der Waals surface area contributed by atoms with Gasteiger partial charge in [0.15, 0.2) is 0 Å². The molecule has 0 fully saturated rings. The molecular weight excluding hydrogens is 396 g/mol. The first-order valence-electron chi connectivity index (χ1n) is 8.56. The Hall–Kier alpha value is -3.52. The number of aryl methyl sites for hydroxylation is 1. The van der Waals surface area contributed by atoms with Crippen molar-refractivity contribution in [3.8, 4) is 17.2 Å². The maximum absolute atomic E-state index is 12.7. The molecule has 0 radical (unpaired) electrons. The molecule has 1 heterocycles. The molecule has 9 heteroatoms. The first-order chi connectivity index (χ1) is 13.9. The number of ether oxygens (including phenoxy) is 2. The Kier molecular flexibility index (Phi) is 6.04. The van der Waals surface area contributed by atoms with E-state index in [9.17, 15) is 9.59 Å². The van der Waals surface area contributed by atoms with Gasteiger partial charge in [0.05, 0.1) is 19.9 Å². The number of urea groups is 1. The SMILES string of the molecule is COc1cc(NC(=O)Nc2nccn(-c3ccc(C)c(Cl)c3)c2=O)cc(OC)c1. The number of halogens is 1. The van der Waals surface area contributed by atoms with Crippen molar-refractivity contribution in [1.29, 1.82) is 0 Å². The van der Waals surface area contributed by atoms with Gasteiger partial charge in [-0.05, 0) is 24.6 Å². The molecule has 2 N–H and O–H groups in total. The van der Waals surface area contributed by atoms with Crippen molar-refractivity contribution in [3.63, 3.8) is 0 Å². The molecule has 3 aromatic rings. The van der Waals surface area contributed by atoms with E-state index < -0.39 is 11.6 Å². The molecule has 29 heavy (non-hydrogen) atoms. The lowest BCUT2D eigenvalue weighted by Gasteiger charge is -2.12. The van der Waals surface area contributed by atoms with Crippen LogP contribution < -0.4 is 25.7 Å². The number of nitrogens with one attached hydrogen (secondary N) is 2. The van der Waals surface area contributed by atoms with Crippen LogP contribution in [0.1, 0.15) is 5.56 Å². The maximum Gasteiger partial charge on any atom is 0.325 e. The third-order valence-corrected chi connectivity index (χ3v) is 4.52. The number of hydrogen-bond donors (Lipinski definition) is 2. The molecule has 2 amide bonds. The molecule has 8 nitrogen and oxygen atoms in total. The molecule has 150 valence electrons. The number of nitrogens with zero attached hydrogens (tertiary/aromatic N) is 2. The molecule has 0 unspecified atom stereocenters. The van der Waals surface area contributed by atoms with E-state index in [4.69, 9.17) is 21.1 Å². The summed E-state index contributed by atoms with van der Waals surface area (Å²) in [4.78, 5) is 29.1.